The molecule has 4 nitrogen and oxygen atoms in total. The Hall–Kier alpha value is -2.72. The van der Waals surface area contributed by atoms with E-state index in [1.807, 2.05) is 36.4 Å². The molecule has 0 spiro atoms. The Kier molecular flexibility index (Phi) is 2.33. The Morgan fingerprint density at radius 2 is 2.00 bits per heavy atom. The van der Waals surface area contributed by atoms with Crippen LogP contribution < -0.4 is 5.73 Å². The summed E-state index contributed by atoms with van der Waals surface area (Å²) in [5.41, 5.74) is 7.29. The van der Waals surface area contributed by atoms with Crippen molar-refractivity contribution in [1.82, 2.24) is 9.78 Å². The van der Waals surface area contributed by atoms with Crippen LogP contribution in [-0.2, 0) is 0 Å². The third kappa shape index (κ3) is 1.39. The molecule has 0 saturated heterocycles. The highest BCUT2D eigenvalue weighted by Crippen LogP contribution is 2.19. The fourth-order valence-electron chi connectivity index (χ4n) is 1.41. The number of para-hydroxylation sites is 1. The minimum Gasteiger partial charge on any atom is -0.394 e. The highest BCUT2D eigenvalue weighted by molar-refractivity contribution is 5.61. The molecule has 0 atom stereocenters. The average molecular weight is 208 g/mol. The van der Waals surface area contributed by atoms with Crippen LogP contribution in [0.1, 0.15) is 11.4 Å². The van der Waals surface area contributed by atoms with Crippen LogP contribution in [0.5, 0.6) is 0 Å². The normalized spacial score (nSPS) is 9.38. The zero-order valence-electron chi connectivity index (χ0n) is 8.38. The van der Waals surface area contributed by atoms with E-state index in [2.05, 4.69) is 11.0 Å². The Bertz CT molecular complexity index is 596. The van der Waals surface area contributed by atoms with Gasteiger partial charge in [-0.1, -0.05) is 18.2 Å². The first-order valence-corrected chi connectivity index (χ1v) is 4.58. The molecule has 2 N–H and O–H groups in total. The lowest BCUT2D eigenvalue weighted by molar-refractivity contribution is 0.862. The maximum atomic E-state index is 8.82. The molecule has 0 saturated carbocycles. The van der Waals surface area contributed by atoms with Crippen LogP contribution in [0.15, 0.2) is 30.3 Å². The third-order valence-corrected chi connectivity index (χ3v) is 2.17. The maximum absolute atomic E-state index is 8.82. The molecule has 1 heterocycles. The number of hydrogen-bond donors (Lipinski definition) is 1. The second-order valence-corrected chi connectivity index (χ2v) is 3.11. The summed E-state index contributed by atoms with van der Waals surface area (Å²) in [6.07, 6.45) is 5.36. The minimum absolute atomic E-state index is 0.150. The second-order valence-electron chi connectivity index (χ2n) is 3.11. The Morgan fingerprint density at radius 1 is 1.31 bits per heavy atom. The van der Waals surface area contributed by atoms with Gasteiger partial charge in [0.05, 0.1) is 5.69 Å². The number of nitrogens with zero attached hydrogens (tertiary/aromatic N) is 3. The topological polar surface area (TPSA) is 67.6 Å². The second kappa shape index (κ2) is 3.80. The highest BCUT2D eigenvalue weighted by Gasteiger charge is 2.13. The SMILES string of the molecule is C#Cc1c(N)c(C#N)nn1-c1ccccc1. The van der Waals surface area contributed by atoms with Crippen molar-refractivity contribution < 1.29 is 0 Å². The van der Waals surface area contributed by atoms with E-state index < -0.39 is 0 Å². The number of aromatic nitrogens is 2. The van der Waals surface area contributed by atoms with E-state index in [9.17, 15) is 0 Å². The standard InChI is InChI=1S/C12H8N4/c1-2-11-12(14)10(8-13)15-16(11)9-6-4-3-5-7-9/h1,3-7H,14H2. The lowest BCUT2D eigenvalue weighted by atomic mass is 10.3. The number of nitrogen functional groups attached to an aromatic ring is 1. The van der Waals surface area contributed by atoms with Gasteiger partial charge >= 0.3 is 0 Å². The number of nitriles is 1. The van der Waals surface area contributed by atoms with Crippen LogP contribution in [-0.4, -0.2) is 9.78 Å². The van der Waals surface area contributed by atoms with Gasteiger partial charge < -0.3 is 5.73 Å². The molecule has 0 radical (unpaired) electrons. The van der Waals surface area contributed by atoms with Gasteiger partial charge in [0, 0.05) is 0 Å². The van der Waals surface area contributed by atoms with Crippen molar-refractivity contribution in [3.8, 4) is 24.1 Å². The molecule has 0 fully saturated rings. The highest BCUT2D eigenvalue weighted by atomic mass is 15.3. The lowest BCUT2D eigenvalue weighted by Gasteiger charge is -2.01. The van der Waals surface area contributed by atoms with Crippen LogP contribution in [0, 0.1) is 23.7 Å². The van der Waals surface area contributed by atoms with E-state index in [0.29, 0.717) is 5.69 Å². The molecule has 0 bridgehead atoms. The summed E-state index contributed by atoms with van der Waals surface area (Å²) in [5, 5.41) is 12.9. The van der Waals surface area contributed by atoms with Crippen molar-refractivity contribution in [2.24, 2.45) is 0 Å². The van der Waals surface area contributed by atoms with Gasteiger partial charge in [-0.25, -0.2) is 4.68 Å². The third-order valence-electron chi connectivity index (χ3n) is 2.17. The van der Waals surface area contributed by atoms with E-state index in [4.69, 9.17) is 17.4 Å². The minimum atomic E-state index is 0.150. The number of nitrogens with two attached hydrogens (primary N) is 1. The summed E-state index contributed by atoms with van der Waals surface area (Å²) < 4.78 is 1.49. The zero-order valence-corrected chi connectivity index (χ0v) is 8.38. The quantitative estimate of drug-likeness (QED) is 0.718. The number of terminal acetylenes is 1. The van der Waals surface area contributed by atoms with Crippen molar-refractivity contribution in [3.05, 3.63) is 41.7 Å². The summed E-state index contributed by atoms with van der Waals surface area (Å²) in [6.45, 7) is 0. The van der Waals surface area contributed by atoms with Gasteiger partial charge in [-0.15, -0.1) is 6.42 Å². The van der Waals surface area contributed by atoms with E-state index in [1.54, 1.807) is 0 Å². The first kappa shape index (κ1) is 9.82. The molecule has 1 aromatic heterocycles. The number of anilines is 1. The Labute approximate surface area is 92.9 Å². The molecular formula is C12H8N4. The molecule has 2 aromatic rings. The Morgan fingerprint density at radius 3 is 2.56 bits per heavy atom. The molecule has 76 valence electrons. The van der Waals surface area contributed by atoms with Gasteiger partial charge in [0.15, 0.2) is 5.69 Å². The summed E-state index contributed by atoms with van der Waals surface area (Å²) in [5.74, 6) is 2.44. The Balaban J connectivity index is 2.69. The molecular weight excluding hydrogens is 200 g/mol. The van der Waals surface area contributed by atoms with Gasteiger partial charge in [0.25, 0.3) is 0 Å². The zero-order chi connectivity index (χ0) is 11.5. The summed E-state index contributed by atoms with van der Waals surface area (Å²) in [6, 6.07) is 11.2. The molecule has 16 heavy (non-hydrogen) atoms. The van der Waals surface area contributed by atoms with Crippen molar-refractivity contribution in [3.63, 3.8) is 0 Å². The number of rotatable bonds is 1. The summed E-state index contributed by atoms with van der Waals surface area (Å²) in [4.78, 5) is 0. The number of benzene rings is 1. The molecule has 0 amide bonds. The van der Waals surface area contributed by atoms with Crippen LogP contribution in [0.4, 0.5) is 5.69 Å². The smallest absolute Gasteiger partial charge is 0.187 e. The van der Waals surface area contributed by atoms with Crippen LogP contribution >= 0.6 is 0 Å². The molecule has 0 unspecified atom stereocenters. The fourth-order valence-corrected chi connectivity index (χ4v) is 1.41. The van der Waals surface area contributed by atoms with Crippen molar-refractivity contribution in [2.45, 2.75) is 0 Å². The molecule has 1 aromatic carbocycles. The number of hydrogen-bond acceptors (Lipinski definition) is 3. The van der Waals surface area contributed by atoms with Gasteiger partial charge in [0.2, 0.25) is 0 Å². The monoisotopic (exact) mass is 208 g/mol. The van der Waals surface area contributed by atoms with Gasteiger partial charge in [-0.3, -0.25) is 0 Å². The maximum Gasteiger partial charge on any atom is 0.187 e. The first-order chi connectivity index (χ1) is 7.77. The summed E-state index contributed by atoms with van der Waals surface area (Å²) in [7, 11) is 0. The van der Waals surface area contributed by atoms with Crippen LogP contribution in [0.3, 0.4) is 0 Å². The predicted molar refractivity (Wildman–Crippen MR) is 60.6 cm³/mol. The van der Waals surface area contributed by atoms with Crippen molar-refractivity contribution in [1.29, 1.82) is 5.26 Å². The predicted octanol–water partition coefficient (Wildman–Crippen LogP) is 1.31. The van der Waals surface area contributed by atoms with Gasteiger partial charge in [-0.2, -0.15) is 10.4 Å². The lowest BCUT2D eigenvalue weighted by Crippen LogP contribution is -1.99. The fraction of sp³-hybridized carbons (Fsp3) is 0. The molecule has 4 heteroatoms. The van der Waals surface area contributed by atoms with Crippen LogP contribution in [0.25, 0.3) is 5.69 Å². The summed E-state index contributed by atoms with van der Waals surface area (Å²) >= 11 is 0. The van der Waals surface area contributed by atoms with E-state index in [-0.39, 0.29) is 11.4 Å². The van der Waals surface area contributed by atoms with Gasteiger partial charge in [0.1, 0.15) is 17.5 Å². The molecule has 0 aliphatic carbocycles. The van der Waals surface area contributed by atoms with Crippen molar-refractivity contribution >= 4 is 5.69 Å². The van der Waals surface area contributed by atoms with E-state index in [0.717, 1.165) is 5.69 Å². The first-order valence-electron chi connectivity index (χ1n) is 4.58. The molecule has 0 aliphatic heterocycles. The molecule has 2 rings (SSSR count). The van der Waals surface area contributed by atoms with Crippen molar-refractivity contribution in [2.75, 3.05) is 5.73 Å². The largest absolute Gasteiger partial charge is 0.394 e. The average Bonchev–Trinajstić information content (AvgIpc) is 2.66. The van der Waals surface area contributed by atoms with E-state index in [1.165, 1.54) is 4.68 Å². The molecule has 0 aliphatic rings. The van der Waals surface area contributed by atoms with E-state index >= 15 is 0 Å². The van der Waals surface area contributed by atoms with Gasteiger partial charge in [-0.05, 0) is 18.1 Å². The van der Waals surface area contributed by atoms with Crippen LogP contribution in [0.2, 0.25) is 0 Å².